The van der Waals surface area contributed by atoms with Crippen LogP contribution in [-0.2, 0) is 0 Å². The maximum Gasteiger partial charge on any atom is 0.128 e. The number of nitrogens with one attached hydrogen (secondary N) is 1. The molecule has 0 spiro atoms. The Kier molecular flexibility index (Phi) is 3.32. The van der Waals surface area contributed by atoms with E-state index in [2.05, 4.69) is 24.1 Å². The van der Waals surface area contributed by atoms with E-state index in [-0.39, 0.29) is 0 Å². The number of nitrogens with two attached hydrogens (primary N) is 1. The lowest BCUT2D eigenvalue weighted by Crippen LogP contribution is -2.33. The fourth-order valence-electron chi connectivity index (χ4n) is 2.60. The van der Waals surface area contributed by atoms with Crippen LogP contribution in [0, 0.1) is 11.8 Å². The molecule has 0 aliphatic heterocycles. The van der Waals surface area contributed by atoms with Crippen LogP contribution in [0.3, 0.4) is 0 Å². The van der Waals surface area contributed by atoms with Crippen molar-refractivity contribution in [1.82, 2.24) is 4.98 Å². The monoisotopic (exact) mass is 219 g/mol. The molecule has 0 radical (unpaired) electrons. The van der Waals surface area contributed by atoms with Crippen LogP contribution < -0.4 is 11.1 Å². The first-order chi connectivity index (χ1) is 7.65. The highest BCUT2D eigenvalue weighted by molar-refractivity contribution is 5.43. The van der Waals surface area contributed by atoms with Crippen molar-refractivity contribution >= 4 is 11.6 Å². The van der Waals surface area contributed by atoms with Crippen molar-refractivity contribution in [2.75, 3.05) is 11.1 Å². The predicted molar refractivity (Wildman–Crippen MR) is 68.2 cm³/mol. The zero-order valence-electron chi connectivity index (χ0n) is 10.1. The molecule has 3 unspecified atom stereocenters. The van der Waals surface area contributed by atoms with Gasteiger partial charge in [-0.3, -0.25) is 0 Å². The molecule has 3 N–H and O–H groups in total. The lowest BCUT2D eigenvalue weighted by Gasteiger charge is -2.33. The molecular formula is C13H21N3. The van der Waals surface area contributed by atoms with Crippen molar-refractivity contribution in [2.24, 2.45) is 11.8 Å². The molecule has 0 saturated heterocycles. The molecule has 16 heavy (non-hydrogen) atoms. The first kappa shape index (κ1) is 11.2. The molecule has 3 heteroatoms. The van der Waals surface area contributed by atoms with E-state index < -0.39 is 0 Å². The van der Waals surface area contributed by atoms with Crippen molar-refractivity contribution in [3.8, 4) is 0 Å². The third-order valence-corrected chi connectivity index (χ3v) is 3.54. The molecule has 1 fully saturated rings. The van der Waals surface area contributed by atoms with Gasteiger partial charge in [0.2, 0.25) is 0 Å². The topological polar surface area (TPSA) is 50.9 Å². The van der Waals surface area contributed by atoms with E-state index in [0.29, 0.717) is 17.8 Å². The Morgan fingerprint density at radius 3 is 2.81 bits per heavy atom. The van der Waals surface area contributed by atoms with E-state index in [4.69, 9.17) is 5.73 Å². The number of hydrogen-bond donors (Lipinski definition) is 2. The summed E-state index contributed by atoms with van der Waals surface area (Å²) in [5.41, 5.74) is 5.67. The standard InChI is InChI=1S/C13H21N3/c1-9-6-7-11(10(2)8-9)15-13-5-3-4-12(14)16-13/h3-5,9-11H,6-8H2,1-2H3,(H3,14,15,16). The van der Waals surface area contributed by atoms with Crippen LogP contribution in [0.2, 0.25) is 0 Å². The number of aromatic nitrogens is 1. The number of rotatable bonds is 2. The van der Waals surface area contributed by atoms with Crippen molar-refractivity contribution in [3.63, 3.8) is 0 Å². The third kappa shape index (κ3) is 2.65. The minimum Gasteiger partial charge on any atom is -0.384 e. The Hall–Kier alpha value is -1.25. The molecule has 1 aliphatic rings. The zero-order chi connectivity index (χ0) is 11.5. The van der Waals surface area contributed by atoms with Crippen LogP contribution in [0.5, 0.6) is 0 Å². The summed E-state index contributed by atoms with van der Waals surface area (Å²) in [5.74, 6) is 3.07. The predicted octanol–water partition coefficient (Wildman–Crippen LogP) is 2.90. The first-order valence-electron chi connectivity index (χ1n) is 6.14. The quantitative estimate of drug-likeness (QED) is 0.804. The van der Waals surface area contributed by atoms with Gasteiger partial charge in [0.15, 0.2) is 0 Å². The van der Waals surface area contributed by atoms with Crippen LogP contribution in [0.15, 0.2) is 18.2 Å². The maximum absolute atomic E-state index is 5.67. The highest BCUT2D eigenvalue weighted by atomic mass is 15.0. The Balaban J connectivity index is 1.99. The van der Waals surface area contributed by atoms with Crippen LogP contribution in [-0.4, -0.2) is 11.0 Å². The maximum atomic E-state index is 5.67. The van der Waals surface area contributed by atoms with Crippen molar-refractivity contribution in [1.29, 1.82) is 0 Å². The zero-order valence-corrected chi connectivity index (χ0v) is 10.1. The molecule has 0 bridgehead atoms. The summed E-state index contributed by atoms with van der Waals surface area (Å²) in [6.45, 7) is 4.66. The smallest absolute Gasteiger partial charge is 0.128 e. The van der Waals surface area contributed by atoms with Gasteiger partial charge in [0.25, 0.3) is 0 Å². The van der Waals surface area contributed by atoms with Gasteiger partial charge in [-0.1, -0.05) is 19.9 Å². The van der Waals surface area contributed by atoms with Gasteiger partial charge >= 0.3 is 0 Å². The largest absolute Gasteiger partial charge is 0.384 e. The van der Waals surface area contributed by atoms with Crippen LogP contribution in [0.1, 0.15) is 33.1 Å². The third-order valence-electron chi connectivity index (χ3n) is 3.54. The molecule has 0 aromatic carbocycles. The minimum absolute atomic E-state index is 0.547. The summed E-state index contributed by atoms with van der Waals surface area (Å²) >= 11 is 0. The molecule has 2 rings (SSSR count). The van der Waals surface area contributed by atoms with Gasteiger partial charge in [0.05, 0.1) is 0 Å². The Bertz CT molecular complexity index is 351. The number of hydrogen-bond acceptors (Lipinski definition) is 3. The van der Waals surface area contributed by atoms with Gasteiger partial charge in [-0.05, 0) is 43.2 Å². The fourth-order valence-corrected chi connectivity index (χ4v) is 2.60. The molecular weight excluding hydrogens is 198 g/mol. The molecule has 1 aliphatic carbocycles. The Morgan fingerprint density at radius 1 is 1.31 bits per heavy atom. The number of pyridine rings is 1. The van der Waals surface area contributed by atoms with Crippen molar-refractivity contribution < 1.29 is 0 Å². The SMILES string of the molecule is CC1CCC(Nc2cccc(N)n2)C(C)C1. The van der Waals surface area contributed by atoms with E-state index in [1.165, 1.54) is 19.3 Å². The van der Waals surface area contributed by atoms with E-state index >= 15 is 0 Å². The van der Waals surface area contributed by atoms with Crippen LogP contribution in [0.4, 0.5) is 11.6 Å². The second-order valence-corrected chi connectivity index (χ2v) is 5.09. The average molecular weight is 219 g/mol. The number of anilines is 2. The van der Waals surface area contributed by atoms with Gasteiger partial charge in [-0.25, -0.2) is 4.98 Å². The number of nitrogen functional groups attached to an aromatic ring is 1. The lowest BCUT2D eigenvalue weighted by atomic mass is 9.80. The van der Waals surface area contributed by atoms with Crippen molar-refractivity contribution in [2.45, 2.75) is 39.2 Å². The molecule has 0 amide bonds. The van der Waals surface area contributed by atoms with E-state index in [0.717, 1.165) is 11.7 Å². The van der Waals surface area contributed by atoms with Gasteiger partial charge in [0, 0.05) is 6.04 Å². The van der Waals surface area contributed by atoms with E-state index in [1.54, 1.807) is 0 Å². The fraction of sp³-hybridized carbons (Fsp3) is 0.615. The second-order valence-electron chi connectivity index (χ2n) is 5.09. The minimum atomic E-state index is 0.547. The summed E-state index contributed by atoms with van der Waals surface area (Å²) < 4.78 is 0. The summed E-state index contributed by atoms with van der Waals surface area (Å²) in [5, 5.41) is 3.50. The highest BCUT2D eigenvalue weighted by Crippen LogP contribution is 2.30. The van der Waals surface area contributed by atoms with E-state index in [9.17, 15) is 0 Å². The molecule has 1 aromatic rings. The van der Waals surface area contributed by atoms with Gasteiger partial charge in [-0.2, -0.15) is 0 Å². The first-order valence-corrected chi connectivity index (χ1v) is 6.14. The molecule has 3 atom stereocenters. The normalized spacial score (nSPS) is 30.0. The van der Waals surface area contributed by atoms with Crippen LogP contribution >= 0.6 is 0 Å². The average Bonchev–Trinajstić information content (AvgIpc) is 2.22. The van der Waals surface area contributed by atoms with Gasteiger partial charge in [0.1, 0.15) is 11.6 Å². The molecule has 1 aromatic heterocycles. The molecule has 1 saturated carbocycles. The van der Waals surface area contributed by atoms with Gasteiger partial charge < -0.3 is 11.1 Å². The highest BCUT2D eigenvalue weighted by Gasteiger charge is 2.25. The van der Waals surface area contributed by atoms with Gasteiger partial charge in [-0.15, -0.1) is 0 Å². The van der Waals surface area contributed by atoms with Crippen LogP contribution in [0.25, 0.3) is 0 Å². The van der Waals surface area contributed by atoms with Crippen molar-refractivity contribution in [3.05, 3.63) is 18.2 Å². The number of nitrogens with zero attached hydrogens (tertiary/aromatic N) is 1. The summed E-state index contributed by atoms with van der Waals surface area (Å²) in [7, 11) is 0. The summed E-state index contributed by atoms with van der Waals surface area (Å²) in [6, 6.07) is 6.30. The second kappa shape index (κ2) is 4.73. The Morgan fingerprint density at radius 2 is 2.12 bits per heavy atom. The lowest BCUT2D eigenvalue weighted by molar-refractivity contribution is 0.276. The van der Waals surface area contributed by atoms with E-state index in [1.807, 2.05) is 18.2 Å². The summed E-state index contributed by atoms with van der Waals surface area (Å²) in [4.78, 5) is 4.29. The molecule has 88 valence electrons. The molecule has 3 nitrogen and oxygen atoms in total. The summed E-state index contributed by atoms with van der Waals surface area (Å²) in [6.07, 6.45) is 3.85. The Labute approximate surface area is 97.5 Å². The molecule has 1 heterocycles.